The third-order valence-electron chi connectivity index (χ3n) is 6.17. The largest absolute Gasteiger partial charge is 0.360 e. The predicted molar refractivity (Wildman–Crippen MR) is 125 cm³/mol. The van der Waals surface area contributed by atoms with Crippen molar-refractivity contribution in [1.29, 1.82) is 0 Å². The van der Waals surface area contributed by atoms with Gasteiger partial charge in [-0.1, -0.05) is 72.8 Å². The van der Waals surface area contributed by atoms with Crippen LogP contribution in [0.25, 0.3) is 0 Å². The number of amidine groups is 1. The lowest BCUT2D eigenvalue weighted by molar-refractivity contribution is 0.263. The summed E-state index contributed by atoms with van der Waals surface area (Å²) in [5.41, 5.74) is 5.68. The summed E-state index contributed by atoms with van der Waals surface area (Å²) in [7, 11) is 0. The van der Waals surface area contributed by atoms with Crippen molar-refractivity contribution in [3.8, 4) is 0 Å². The quantitative estimate of drug-likeness (QED) is 0.521. The van der Waals surface area contributed by atoms with E-state index in [0.717, 1.165) is 48.4 Å². The van der Waals surface area contributed by atoms with Gasteiger partial charge in [0.1, 0.15) is 5.84 Å². The van der Waals surface area contributed by atoms with Crippen LogP contribution in [0.5, 0.6) is 0 Å². The molecule has 3 heteroatoms. The molecule has 0 atom stereocenters. The van der Waals surface area contributed by atoms with Gasteiger partial charge in [-0.15, -0.1) is 0 Å². The zero-order valence-corrected chi connectivity index (χ0v) is 17.2. The van der Waals surface area contributed by atoms with Gasteiger partial charge in [0, 0.05) is 19.5 Å². The summed E-state index contributed by atoms with van der Waals surface area (Å²) in [6.45, 7) is 2.14. The highest BCUT2D eigenvalue weighted by Gasteiger charge is 2.24. The minimum Gasteiger partial charge on any atom is -0.360 e. The number of nitrogens with zero attached hydrogens (tertiary/aromatic N) is 3. The van der Waals surface area contributed by atoms with E-state index in [2.05, 4.69) is 83.8 Å². The Morgan fingerprint density at radius 2 is 1.30 bits per heavy atom. The van der Waals surface area contributed by atoms with Gasteiger partial charge in [0.2, 0.25) is 0 Å². The molecule has 150 valence electrons. The number of para-hydroxylation sites is 2. The second-order valence-electron chi connectivity index (χ2n) is 8.24. The van der Waals surface area contributed by atoms with Gasteiger partial charge < -0.3 is 4.90 Å². The molecule has 0 unspecified atom stereocenters. The van der Waals surface area contributed by atoms with Crippen LogP contribution in [-0.2, 0) is 6.42 Å². The lowest BCUT2D eigenvalue weighted by Crippen LogP contribution is -2.39. The van der Waals surface area contributed by atoms with Crippen molar-refractivity contribution in [2.24, 2.45) is 15.9 Å². The van der Waals surface area contributed by atoms with E-state index in [-0.39, 0.29) is 0 Å². The summed E-state index contributed by atoms with van der Waals surface area (Å²) in [5, 5.41) is 0. The van der Waals surface area contributed by atoms with Crippen LogP contribution in [0.3, 0.4) is 0 Å². The Balaban J connectivity index is 1.35. The van der Waals surface area contributed by atoms with Crippen molar-refractivity contribution >= 4 is 22.9 Å². The SMILES string of the molecule is c1ccc(CC2CCN(C3=Nc4ccccc4N=C(c4ccccc4)C3)CC2)cc1. The molecule has 0 N–H and O–H groups in total. The minimum atomic E-state index is 0.754. The summed E-state index contributed by atoms with van der Waals surface area (Å²) in [5.74, 6) is 1.91. The molecule has 0 bridgehead atoms. The molecule has 0 aromatic heterocycles. The topological polar surface area (TPSA) is 28.0 Å². The molecule has 30 heavy (non-hydrogen) atoms. The second-order valence-corrected chi connectivity index (χ2v) is 8.24. The van der Waals surface area contributed by atoms with Gasteiger partial charge in [0.15, 0.2) is 0 Å². The highest BCUT2D eigenvalue weighted by atomic mass is 15.2. The van der Waals surface area contributed by atoms with E-state index >= 15 is 0 Å². The van der Waals surface area contributed by atoms with Crippen LogP contribution in [-0.4, -0.2) is 29.5 Å². The van der Waals surface area contributed by atoms with Crippen LogP contribution in [0.2, 0.25) is 0 Å². The number of piperidine rings is 1. The van der Waals surface area contributed by atoms with Crippen LogP contribution in [0.4, 0.5) is 11.4 Å². The molecule has 5 rings (SSSR count). The highest BCUT2D eigenvalue weighted by Crippen LogP contribution is 2.33. The van der Waals surface area contributed by atoms with E-state index < -0.39 is 0 Å². The third kappa shape index (κ3) is 4.20. The Morgan fingerprint density at radius 1 is 0.700 bits per heavy atom. The molecule has 2 aliphatic heterocycles. The third-order valence-corrected chi connectivity index (χ3v) is 6.17. The van der Waals surface area contributed by atoms with Crippen molar-refractivity contribution < 1.29 is 0 Å². The van der Waals surface area contributed by atoms with E-state index in [4.69, 9.17) is 9.98 Å². The van der Waals surface area contributed by atoms with Crippen molar-refractivity contribution in [3.05, 3.63) is 96.1 Å². The number of hydrogen-bond acceptors (Lipinski definition) is 3. The monoisotopic (exact) mass is 393 g/mol. The molecule has 1 saturated heterocycles. The molecule has 2 aliphatic rings. The Morgan fingerprint density at radius 3 is 2.00 bits per heavy atom. The van der Waals surface area contributed by atoms with E-state index in [0.29, 0.717) is 0 Å². The highest BCUT2D eigenvalue weighted by molar-refractivity contribution is 6.14. The van der Waals surface area contributed by atoms with Gasteiger partial charge in [-0.2, -0.15) is 0 Å². The first-order valence-electron chi connectivity index (χ1n) is 10.9. The molecular weight excluding hydrogens is 366 g/mol. The first-order chi connectivity index (χ1) is 14.8. The molecule has 0 aliphatic carbocycles. The van der Waals surface area contributed by atoms with Crippen LogP contribution in [0, 0.1) is 5.92 Å². The zero-order valence-electron chi connectivity index (χ0n) is 17.2. The van der Waals surface area contributed by atoms with E-state index in [1.807, 2.05) is 6.07 Å². The van der Waals surface area contributed by atoms with Gasteiger partial charge in [0.05, 0.1) is 17.1 Å². The summed E-state index contributed by atoms with van der Waals surface area (Å²) in [6.07, 6.45) is 4.39. The van der Waals surface area contributed by atoms with Gasteiger partial charge in [-0.05, 0) is 48.4 Å². The summed E-state index contributed by atoms with van der Waals surface area (Å²) in [6, 6.07) is 29.7. The first-order valence-corrected chi connectivity index (χ1v) is 10.9. The molecular formula is C27H27N3. The number of likely N-dealkylation sites (tertiary alicyclic amines) is 1. The summed E-state index contributed by atoms with van der Waals surface area (Å²) >= 11 is 0. The average molecular weight is 394 g/mol. The minimum absolute atomic E-state index is 0.754. The van der Waals surface area contributed by atoms with Gasteiger partial charge in [-0.3, -0.25) is 4.99 Å². The zero-order chi connectivity index (χ0) is 20.2. The van der Waals surface area contributed by atoms with Gasteiger partial charge >= 0.3 is 0 Å². The maximum atomic E-state index is 5.08. The Hall–Kier alpha value is -3.20. The summed E-state index contributed by atoms with van der Waals surface area (Å²) < 4.78 is 0. The normalized spacial score (nSPS) is 17.0. The fourth-order valence-corrected chi connectivity index (χ4v) is 4.49. The molecule has 3 aromatic rings. The molecule has 0 saturated carbocycles. The smallest absolute Gasteiger partial charge is 0.111 e. The van der Waals surface area contributed by atoms with E-state index in [9.17, 15) is 0 Å². The van der Waals surface area contributed by atoms with Crippen LogP contribution >= 0.6 is 0 Å². The fourth-order valence-electron chi connectivity index (χ4n) is 4.49. The van der Waals surface area contributed by atoms with E-state index in [1.54, 1.807) is 0 Å². The van der Waals surface area contributed by atoms with Crippen LogP contribution in [0.15, 0.2) is 94.9 Å². The number of fused-ring (bicyclic) bond motifs is 1. The number of benzene rings is 3. The Labute approximate surface area is 178 Å². The standard InChI is InChI=1S/C27H27N3/c1-3-9-21(10-4-1)19-22-15-17-30(18-16-22)27-20-26(23-11-5-2-6-12-23)28-24-13-7-8-14-25(24)29-27/h1-14,22H,15-20H2. The second kappa shape index (κ2) is 8.66. The van der Waals surface area contributed by atoms with Crippen LogP contribution < -0.4 is 0 Å². The lowest BCUT2D eigenvalue weighted by atomic mass is 9.90. The molecule has 0 radical (unpaired) electrons. The van der Waals surface area contributed by atoms with Crippen molar-refractivity contribution in [3.63, 3.8) is 0 Å². The van der Waals surface area contributed by atoms with Gasteiger partial charge in [-0.25, -0.2) is 4.99 Å². The molecule has 3 nitrogen and oxygen atoms in total. The van der Waals surface area contributed by atoms with Crippen molar-refractivity contribution in [2.75, 3.05) is 13.1 Å². The maximum Gasteiger partial charge on any atom is 0.111 e. The Kier molecular flexibility index (Phi) is 5.43. The molecule has 3 aromatic carbocycles. The number of aliphatic imine (C=N–C) groups is 2. The fraction of sp³-hybridized carbons (Fsp3) is 0.259. The van der Waals surface area contributed by atoms with E-state index in [1.165, 1.54) is 30.4 Å². The average Bonchev–Trinajstić information content (AvgIpc) is 3.01. The first kappa shape index (κ1) is 18.8. The van der Waals surface area contributed by atoms with Crippen molar-refractivity contribution in [1.82, 2.24) is 4.90 Å². The molecule has 1 fully saturated rings. The number of hydrogen-bond donors (Lipinski definition) is 0. The lowest BCUT2D eigenvalue weighted by Gasteiger charge is -2.34. The molecule has 0 amide bonds. The summed E-state index contributed by atoms with van der Waals surface area (Å²) in [4.78, 5) is 12.6. The van der Waals surface area contributed by atoms with Crippen molar-refractivity contribution in [2.45, 2.75) is 25.7 Å². The molecule has 2 heterocycles. The molecule has 0 spiro atoms. The number of rotatable bonds is 3. The Bertz CT molecular complexity index is 1050. The van der Waals surface area contributed by atoms with Crippen LogP contribution in [0.1, 0.15) is 30.4 Å². The maximum absolute atomic E-state index is 5.08. The predicted octanol–water partition coefficient (Wildman–Crippen LogP) is 6.20. The van der Waals surface area contributed by atoms with Gasteiger partial charge in [0.25, 0.3) is 0 Å².